The molecule has 0 aliphatic heterocycles. The number of hydrogen-bond donors (Lipinski definition) is 2. The van der Waals surface area contributed by atoms with Crippen LogP contribution in [0.15, 0.2) is 48.7 Å². The van der Waals surface area contributed by atoms with E-state index in [4.69, 9.17) is 4.74 Å². The van der Waals surface area contributed by atoms with E-state index >= 15 is 0 Å². The molecule has 0 radical (unpaired) electrons. The Bertz CT molecular complexity index is 868. The summed E-state index contributed by atoms with van der Waals surface area (Å²) in [5.74, 6) is 2.21. The molecule has 2 aromatic carbocycles. The molecule has 0 unspecified atom stereocenters. The van der Waals surface area contributed by atoms with Gasteiger partial charge in [0.05, 0.1) is 7.11 Å². The molecule has 1 aromatic heterocycles. The number of aryl methyl sites for hydroxylation is 3. The Labute approximate surface area is 154 Å². The van der Waals surface area contributed by atoms with Crippen LogP contribution in [-0.2, 0) is 6.54 Å². The Morgan fingerprint density at radius 2 is 1.65 bits per heavy atom. The van der Waals surface area contributed by atoms with Gasteiger partial charge in [-0.15, -0.1) is 0 Å². The number of hydrogen-bond acceptors (Lipinski definition) is 5. The molecule has 0 aliphatic rings. The first-order chi connectivity index (χ1) is 12.5. The van der Waals surface area contributed by atoms with Crippen molar-refractivity contribution < 1.29 is 4.74 Å². The molecular formula is C21H24N4O. The zero-order valence-corrected chi connectivity index (χ0v) is 15.6. The van der Waals surface area contributed by atoms with Gasteiger partial charge in [0.15, 0.2) is 0 Å². The standard InChI is InChI=1S/C21H24N4O/c1-14-11-15(2)20(16(3)12-14)25-21-22-10-9-19(24-21)23-13-17-5-7-18(26-4)8-6-17/h5-12H,13H2,1-4H3,(H2,22,23,24,25). The van der Waals surface area contributed by atoms with Crippen LogP contribution in [0.3, 0.4) is 0 Å². The first-order valence-corrected chi connectivity index (χ1v) is 8.60. The average Bonchev–Trinajstić information content (AvgIpc) is 2.64. The monoisotopic (exact) mass is 348 g/mol. The third kappa shape index (κ3) is 4.30. The Kier molecular flexibility index (Phi) is 5.37. The van der Waals surface area contributed by atoms with Crippen molar-refractivity contribution in [1.29, 1.82) is 0 Å². The van der Waals surface area contributed by atoms with Crippen molar-refractivity contribution in [3.8, 4) is 5.75 Å². The van der Waals surface area contributed by atoms with Crippen molar-refractivity contribution in [1.82, 2.24) is 9.97 Å². The minimum Gasteiger partial charge on any atom is -0.497 e. The first-order valence-electron chi connectivity index (χ1n) is 8.60. The van der Waals surface area contributed by atoms with Crippen molar-refractivity contribution in [3.63, 3.8) is 0 Å². The summed E-state index contributed by atoms with van der Waals surface area (Å²) in [6.45, 7) is 6.97. The second-order valence-electron chi connectivity index (χ2n) is 6.37. The van der Waals surface area contributed by atoms with Crippen LogP contribution in [0.2, 0.25) is 0 Å². The Morgan fingerprint density at radius 1 is 0.962 bits per heavy atom. The fourth-order valence-corrected chi connectivity index (χ4v) is 2.94. The summed E-state index contributed by atoms with van der Waals surface area (Å²) in [6.07, 6.45) is 1.75. The number of methoxy groups -OCH3 is 1. The highest BCUT2D eigenvalue weighted by Gasteiger charge is 2.06. The van der Waals surface area contributed by atoms with E-state index in [0.717, 1.165) is 22.8 Å². The quantitative estimate of drug-likeness (QED) is 0.672. The zero-order valence-electron chi connectivity index (χ0n) is 15.6. The van der Waals surface area contributed by atoms with Gasteiger partial charge in [-0.2, -0.15) is 4.98 Å². The molecule has 134 valence electrons. The molecule has 0 aliphatic carbocycles. The van der Waals surface area contributed by atoms with E-state index in [1.807, 2.05) is 30.3 Å². The maximum absolute atomic E-state index is 5.18. The van der Waals surface area contributed by atoms with E-state index in [1.54, 1.807) is 13.3 Å². The lowest BCUT2D eigenvalue weighted by Gasteiger charge is -2.13. The van der Waals surface area contributed by atoms with Crippen LogP contribution in [-0.4, -0.2) is 17.1 Å². The van der Waals surface area contributed by atoms with Crippen LogP contribution in [0.25, 0.3) is 0 Å². The molecule has 26 heavy (non-hydrogen) atoms. The van der Waals surface area contributed by atoms with E-state index in [0.29, 0.717) is 12.5 Å². The van der Waals surface area contributed by atoms with Gasteiger partial charge in [-0.05, 0) is 55.7 Å². The highest BCUT2D eigenvalue weighted by atomic mass is 16.5. The fourth-order valence-electron chi connectivity index (χ4n) is 2.94. The van der Waals surface area contributed by atoms with Gasteiger partial charge < -0.3 is 15.4 Å². The van der Waals surface area contributed by atoms with Gasteiger partial charge in [-0.3, -0.25) is 0 Å². The molecule has 0 bridgehead atoms. The summed E-state index contributed by atoms with van der Waals surface area (Å²) < 4.78 is 5.18. The first kappa shape index (κ1) is 17.7. The average molecular weight is 348 g/mol. The predicted octanol–water partition coefficient (Wildman–Crippen LogP) is 4.77. The molecule has 0 fully saturated rings. The van der Waals surface area contributed by atoms with Crippen LogP contribution >= 0.6 is 0 Å². The summed E-state index contributed by atoms with van der Waals surface area (Å²) in [5.41, 5.74) is 5.83. The van der Waals surface area contributed by atoms with Crippen molar-refractivity contribution in [2.24, 2.45) is 0 Å². The summed E-state index contributed by atoms with van der Waals surface area (Å²) in [4.78, 5) is 8.90. The van der Waals surface area contributed by atoms with E-state index in [-0.39, 0.29) is 0 Å². The van der Waals surface area contributed by atoms with Gasteiger partial charge in [0.2, 0.25) is 5.95 Å². The van der Waals surface area contributed by atoms with Crippen LogP contribution in [0.4, 0.5) is 17.5 Å². The number of nitrogens with one attached hydrogen (secondary N) is 2. The smallest absolute Gasteiger partial charge is 0.229 e. The predicted molar refractivity (Wildman–Crippen MR) is 106 cm³/mol. The molecule has 0 spiro atoms. The number of ether oxygens (including phenoxy) is 1. The highest BCUT2D eigenvalue weighted by Crippen LogP contribution is 2.24. The SMILES string of the molecule is COc1ccc(CNc2ccnc(Nc3c(C)cc(C)cc3C)n2)cc1. The third-order valence-electron chi connectivity index (χ3n) is 4.20. The normalized spacial score (nSPS) is 10.5. The lowest BCUT2D eigenvalue weighted by Crippen LogP contribution is -2.05. The topological polar surface area (TPSA) is 59.1 Å². The number of rotatable bonds is 6. The molecule has 5 heteroatoms. The van der Waals surface area contributed by atoms with Crippen LogP contribution in [0.1, 0.15) is 22.3 Å². The van der Waals surface area contributed by atoms with Gasteiger partial charge in [-0.25, -0.2) is 4.98 Å². The highest BCUT2D eigenvalue weighted by molar-refractivity contribution is 5.64. The van der Waals surface area contributed by atoms with Crippen molar-refractivity contribution in [2.45, 2.75) is 27.3 Å². The number of nitrogens with zero attached hydrogens (tertiary/aromatic N) is 2. The lowest BCUT2D eigenvalue weighted by atomic mass is 10.1. The molecule has 0 saturated carbocycles. The molecule has 0 amide bonds. The zero-order chi connectivity index (χ0) is 18.5. The second-order valence-corrected chi connectivity index (χ2v) is 6.37. The van der Waals surface area contributed by atoms with E-state index in [1.165, 1.54) is 16.7 Å². The molecule has 2 N–H and O–H groups in total. The number of benzene rings is 2. The molecule has 0 saturated heterocycles. The van der Waals surface area contributed by atoms with E-state index in [9.17, 15) is 0 Å². The number of anilines is 3. The minimum absolute atomic E-state index is 0.583. The summed E-state index contributed by atoms with van der Waals surface area (Å²) in [5, 5.41) is 6.67. The molecule has 1 heterocycles. The van der Waals surface area contributed by atoms with Crippen molar-refractivity contribution in [3.05, 3.63) is 70.9 Å². The van der Waals surface area contributed by atoms with E-state index in [2.05, 4.69) is 53.5 Å². The van der Waals surface area contributed by atoms with Crippen LogP contribution < -0.4 is 15.4 Å². The molecular weight excluding hydrogens is 324 g/mol. The van der Waals surface area contributed by atoms with Crippen LogP contribution in [0, 0.1) is 20.8 Å². The molecule has 3 rings (SSSR count). The van der Waals surface area contributed by atoms with Gasteiger partial charge >= 0.3 is 0 Å². The van der Waals surface area contributed by atoms with Gasteiger partial charge in [0, 0.05) is 18.4 Å². The Balaban J connectivity index is 1.70. The summed E-state index contributed by atoms with van der Waals surface area (Å²) >= 11 is 0. The van der Waals surface area contributed by atoms with Crippen molar-refractivity contribution in [2.75, 3.05) is 17.7 Å². The third-order valence-corrected chi connectivity index (χ3v) is 4.20. The number of aromatic nitrogens is 2. The largest absolute Gasteiger partial charge is 0.497 e. The second kappa shape index (κ2) is 7.87. The maximum Gasteiger partial charge on any atom is 0.229 e. The molecule has 0 atom stereocenters. The maximum atomic E-state index is 5.18. The Morgan fingerprint density at radius 3 is 2.31 bits per heavy atom. The van der Waals surface area contributed by atoms with Crippen LogP contribution in [0.5, 0.6) is 5.75 Å². The lowest BCUT2D eigenvalue weighted by molar-refractivity contribution is 0.414. The van der Waals surface area contributed by atoms with E-state index < -0.39 is 0 Å². The minimum atomic E-state index is 0.583. The van der Waals surface area contributed by atoms with Crippen molar-refractivity contribution >= 4 is 17.5 Å². The fraction of sp³-hybridized carbons (Fsp3) is 0.238. The van der Waals surface area contributed by atoms with Gasteiger partial charge in [-0.1, -0.05) is 29.8 Å². The van der Waals surface area contributed by atoms with Gasteiger partial charge in [0.1, 0.15) is 11.6 Å². The summed E-state index contributed by atoms with van der Waals surface area (Å²) in [6, 6.07) is 14.1. The molecule has 3 aromatic rings. The summed E-state index contributed by atoms with van der Waals surface area (Å²) in [7, 11) is 1.67. The van der Waals surface area contributed by atoms with Gasteiger partial charge in [0.25, 0.3) is 0 Å². The molecule has 5 nitrogen and oxygen atoms in total. The Hall–Kier alpha value is -3.08.